The predicted octanol–water partition coefficient (Wildman–Crippen LogP) is 2.04. The van der Waals surface area contributed by atoms with E-state index in [-0.39, 0.29) is 11.3 Å². The normalized spacial score (nSPS) is 19.5. The average Bonchev–Trinajstić information content (AvgIpc) is 2.28. The third kappa shape index (κ3) is 3.93. The van der Waals surface area contributed by atoms with Crippen LogP contribution in [0.1, 0.15) is 38.5 Å². The van der Waals surface area contributed by atoms with Gasteiger partial charge in [0.1, 0.15) is 6.29 Å². The molecule has 0 aromatic carbocycles. The van der Waals surface area contributed by atoms with E-state index in [1.165, 1.54) is 19.3 Å². The molecule has 0 bridgehead atoms. The number of amides is 1. The van der Waals surface area contributed by atoms with Crippen LogP contribution in [-0.2, 0) is 9.59 Å². The highest BCUT2D eigenvalue weighted by molar-refractivity contribution is 9.09. The van der Waals surface area contributed by atoms with Gasteiger partial charge in [0.25, 0.3) is 0 Å². The fourth-order valence-electron chi connectivity index (χ4n) is 2.26. The van der Waals surface area contributed by atoms with Crippen molar-refractivity contribution >= 4 is 28.1 Å². The maximum Gasteiger partial charge on any atom is 0.230 e. The van der Waals surface area contributed by atoms with Crippen molar-refractivity contribution in [3.05, 3.63) is 0 Å². The number of hydrogen-bond donors (Lipinski definition) is 1. The Morgan fingerprint density at radius 3 is 2.53 bits per heavy atom. The molecule has 0 heterocycles. The number of alkyl halides is 1. The van der Waals surface area contributed by atoms with Crippen molar-refractivity contribution in [3.8, 4) is 0 Å². The number of hydrogen-bond acceptors (Lipinski definition) is 2. The van der Waals surface area contributed by atoms with Gasteiger partial charge in [-0.3, -0.25) is 4.79 Å². The number of nitrogens with one attached hydrogen (secondary N) is 1. The fraction of sp³-hybridized carbons (Fsp3) is 0.818. The summed E-state index contributed by atoms with van der Waals surface area (Å²) in [5.41, 5.74) is 0.0395. The van der Waals surface area contributed by atoms with Crippen molar-refractivity contribution in [2.75, 3.05) is 11.9 Å². The highest BCUT2D eigenvalue weighted by atomic mass is 79.9. The van der Waals surface area contributed by atoms with E-state index in [0.29, 0.717) is 18.3 Å². The van der Waals surface area contributed by atoms with Crippen LogP contribution in [0.15, 0.2) is 0 Å². The van der Waals surface area contributed by atoms with Crippen molar-refractivity contribution in [2.45, 2.75) is 38.5 Å². The molecule has 0 unspecified atom stereocenters. The molecule has 0 saturated heterocycles. The Hall–Kier alpha value is -0.380. The van der Waals surface area contributed by atoms with E-state index in [0.717, 1.165) is 19.1 Å². The van der Waals surface area contributed by atoms with E-state index >= 15 is 0 Å². The first-order valence-electron chi connectivity index (χ1n) is 5.49. The number of carbonyl (C=O) groups excluding carboxylic acids is 2. The van der Waals surface area contributed by atoms with E-state index in [1.54, 1.807) is 0 Å². The third-order valence-electron chi connectivity index (χ3n) is 3.21. The van der Waals surface area contributed by atoms with Gasteiger partial charge in [-0.25, -0.2) is 0 Å². The third-order valence-corrected chi connectivity index (χ3v) is 3.72. The van der Waals surface area contributed by atoms with Crippen LogP contribution in [0, 0.1) is 5.41 Å². The minimum Gasteiger partial charge on any atom is -0.355 e. The monoisotopic (exact) mass is 275 g/mol. The van der Waals surface area contributed by atoms with Gasteiger partial charge < -0.3 is 10.1 Å². The van der Waals surface area contributed by atoms with Crippen LogP contribution in [0.25, 0.3) is 0 Å². The molecule has 0 radical (unpaired) electrons. The molecule has 15 heavy (non-hydrogen) atoms. The molecule has 1 fully saturated rings. The van der Waals surface area contributed by atoms with E-state index in [2.05, 4.69) is 21.2 Å². The van der Waals surface area contributed by atoms with Crippen LogP contribution < -0.4 is 5.32 Å². The first-order valence-corrected chi connectivity index (χ1v) is 6.61. The molecule has 4 heteroatoms. The van der Waals surface area contributed by atoms with Crippen LogP contribution in [0.4, 0.5) is 0 Å². The smallest absolute Gasteiger partial charge is 0.230 e. The largest absolute Gasteiger partial charge is 0.355 e. The lowest BCUT2D eigenvalue weighted by molar-refractivity contribution is -0.120. The molecule has 1 amide bonds. The van der Waals surface area contributed by atoms with Crippen molar-refractivity contribution in [1.29, 1.82) is 0 Å². The lowest BCUT2D eigenvalue weighted by atomic mass is 9.72. The molecular formula is C11H18BrNO2. The van der Waals surface area contributed by atoms with Gasteiger partial charge in [-0.05, 0) is 18.3 Å². The van der Waals surface area contributed by atoms with Crippen LogP contribution >= 0.6 is 15.9 Å². The molecular weight excluding hydrogens is 258 g/mol. The number of carbonyl (C=O) groups is 2. The lowest BCUT2D eigenvalue weighted by Crippen LogP contribution is -2.39. The molecule has 86 valence electrons. The molecule has 0 aromatic heterocycles. The van der Waals surface area contributed by atoms with Gasteiger partial charge in [0, 0.05) is 13.0 Å². The van der Waals surface area contributed by atoms with E-state index in [1.807, 2.05) is 0 Å². The first kappa shape index (κ1) is 12.7. The maximum atomic E-state index is 11.2. The van der Waals surface area contributed by atoms with Crippen LogP contribution in [0.3, 0.4) is 0 Å². The quantitative estimate of drug-likeness (QED) is 0.617. The second-order valence-corrected chi connectivity index (χ2v) is 4.90. The summed E-state index contributed by atoms with van der Waals surface area (Å²) >= 11 is 3.11. The van der Waals surface area contributed by atoms with Gasteiger partial charge in [-0.2, -0.15) is 0 Å². The summed E-state index contributed by atoms with van der Waals surface area (Å²) in [6.45, 7) is 0.649. The highest BCUT2D eigenvalue weighted by Crippen LogP contribution is 2.37. The minimum atomic E-state index is 0.00541. The van der Waals surface area contributed by atoms with Crippen LogP contribution in [-0.4, -0.2) is 24.1 Å². The van der Waals surface area contributed by atoms with Gasteiger partial charge in [-0.1, -0.05) is 35.2 Å². The van der Waals surface area contributed by atoms with Crippen LogP contribution in [0.5, 0.6) is 0 Å². The predicted molar refractivity (Wildman–Crippen MR) is 63.0 cm³/mol. The van der Waals surface area contributed by atoms with E-state index in [9.17, 15) is 9.59 Å². The molecule has 0 aliphatic heterocycles. The Kier molecular flexibility index (Phi) is 5.29. The Morgan fingerprint density at radius 1 is 1.33 bits per heavy atom. The van der Waals surface area contributed by atoms with Gasteiger partial charge in [0.05, 0.1) is 5.33 Å². The van der Waals surface area contributed by atoms with Crippen molar-refractivity contribution in [2.24, 2.45) is 5.41 Å². The Balaban J connectivity index is 2.48. The standard InChI is InChI=1S/C11H18BrNO2/c12-8-10(15)13-9-11(6-7-14)4-2-1-3-5-11/h7H,1-6,8-9H2,(H,13,15). The van der Waals surface area contributed by atoms with Gasteiger partial charge >= 0.3 is 0 Å². The second kappa shape index (κ2) is 6.26. The van der Waals surface area contributed by atoms with E-state index in [4.69, 9.17) is 0 Å². The highest BCUT2D eigenvalue weighted by Gasteiger charge is 2.31. The molecule has 3 nitrogen and oxygen atoms in total. The summed E-state index contributed by atoms with van der Waals surface area (Å²) in [5.74, 6) is 0.00541. The lowest BCUT2D eigenvalue weighted by Gasteiger charge is -2.35. The molecule has 1 aliphatic carbocycles. The summed E-state index contributed by atoms with van der Waals surface area (Å²) in [6, 6.07) is 0. The summed E-state index contributed by atoms with van der Waals surface area (Å²) in [5, 5.41) is 3.22. The summed E-state index contributed by atoms with van der Waals surface area (Å²) in [6.07, 6.45) is 7.31. The van der Waals surface area contributed by atoms with Gasteiger partial charge in [-0.15, -0.1) is 0 Å². The molecule has 0 aromatic rings. The van der Waals surface area contributed by atoms with Crippen molar-refractivity contribution in [3.63, 3.8) is 0 Å². The molecule has 1 saturated carbocycles. The zero-order chi connectivity index (χ0) is 11.1. The zero-order valence-corrected chi connectivity index (χ0v) is 10.5. The molecule has 0 spiro atoms. The number of rotatable bonds is 5. The molecule has 1 N–H and O–H groups in total. The van der Waals surface area contributed by atoms with Crippen molar-refractivity contribution < 1.29 is 9.59 Å². The number of aldehydes is 1. The molecule has 1 aliphatic rings. The summed E-state index contributed by atoms with van der Waals surface area (Å²) in [4.78, 5) is 21.8. The van der Waals surface area contributed by atoms with Crippen LogP contribution in [0.2, 0.25) is 0 Å². The van der Waals surface area contributed by atoms with Gasteiger partial charge in [0.15, 0.2) is 0 Å². The SMILES string of the molecule is O=CCC1(CNC(=O)CBr)CCCCC1. The van der Waals surface area contributed by atoms with Crippen molar-refractivity contribution in [1.82, 2.24) is 5.32 Å². The maximum absolute atomic E-state index is 11.2. The number of halogens is 1. The fourth-order valence-corrected chi connectivity index (χ4v) is 2.46. The molecule has 1 rings (SSSR count). The van der Waals surface area contributed by atoms with Gasteiger partial charge in [0.2, 0.25) is 5.91 Å². The Labute approximate surface area is 99.1 Å². The zero-order valence-electron chi connectivity index (χ0n) is 8.93. The topological polar surface area (TPSA) is 46.2 Å². The first-order chi connectivity index (χ1) is 7.22. The summed E-state index contributed by atoms with van der Waals surface area (Å²) in [7, 11) is 0. The Morgan fingerprint density at radius 2 is 2.00 bits per heavy atom. The average molecular weight is 276 g/mol. The Bertz CT molecular complexity index is 225. The van der Waals surface area contributed by atoms with E-state index < -0.39 is 0 Å². The minimum absolute atomic E-state index is 0.00541. The molecule has 0 atom stereocenters. The second-order valence-electron chi connectivity index (χ2n) is 4.34. The summed E-state index contributed by atoms with van der Waals surface area (Å²) < 4.78 is 0.